The molecule has 0 N–H and O–H groups in total. The SMILES string of the molecule is CC(=O)c1cccnc1N1CCC2CCCCC21. The van der Waals surface area contributed by atoms with E-state index in [9.17, 15) is 4.79 Å². The minimum atomic E-state index is 0.123. The third kappa shape index (κ3) is 1.92. The number of rotatable bonds is 2. The van der Waals surface area contributed by atoms with Crippen LogP contribution < -0.4 is 4.90 Å². The lowest BCUT2D eigenvalue weighted by atomic mass is 9.85. The molecule has 1 saturated heterocycles. The van der Waals surface area contributed by atoms with Gasteiger partial charge < -0.3 is 4.90 Å². The molecule has 3 heteroatoms. The zero-order valence-electron chi connectivity index (χ0n) is 10.9. The fraction of sp³-hybridized carbons (Fsp3) is 0.600. The highest BCUT2D eigenvalue weighted by Crippen LogP contribution is 2.39. The summed E-state index contributed by atoms with van der Waals surface area (Å²) in [6.07, 6.45) is 8.37. The van der Waals surface area contributed by atoms with E-state index in [4.69, 9.17) is 0 Å². The van der Waals surface area contributed by atoms with Crippen molar-refractivity contribution in [2.75, 3.05) is 11.4 Å². The lowest BCUT2D eigenvalue weighted by Gasteiger charge is -2.33. The first-order chi connectivity index (χ1) is 8.77. The van der Waals surface area contributed by atoms with Crippen molar-refractivity contribution in [1.82, 2.24) is 4.98 Å². The number of carbonyl (C=O) groups is 1. The Morgan fingerprint density at radius 1 is 1.33 bits per heavy atom. The summed E-state index contributed by atoms with van der Waals surface area (Å²) < 4.78 is 0. The van der Waals surface area contributed by atoms with Gasteiger partial charge in [0.1, 0.15) is 5.82 Å². The number of ketones is 1. The van der Waals surface area contributed by atoms with E-state index in [1.807, 2.05) is 12.1 Å². The Kier molecular flexibility index (Phi) is 3.06. The summed E-state index contributed by atoms with van der Waals surface area (Å²) in [5.74, 6) is 1.86. The first-order valence-corrected chi connectivity index (χ1v) is 7.00. The zero-order chi connectivity index (χ0) is 12.5. The molecule has 1 saturated carbocycles. The molecule has 18 heavy (non-hydrogen) atoms. The van der Waals surface area contributed by atoms with Crippen LogP contribution in [0.2, 0.25) is 0 Å². The number of fused-ring (bicyclic) bond motifs is 1. The van der Waals surface area contributed by atoms with Gasteiger partial charge in [0, 0.05) is 18.8 Å². The summed E-state index contributed by atoms with van der Waals surface area (Å²) in [6.45, 7) is 2.70. The third-order valence-corrected chi connectivity index (χ3v) is 4.45. The zero-order valence-corrected chi connectivity index (χ0v) is 10.9. The molecule has 2 heterocycles. The standard InChI is InChI=1S/C15H20N2O/c1-11(18)13-6-4-9-16-15(13)17-10-8-12-5-2-3-7-14(12)17/h4,6,9,12,14H,2-3,5,7-8,10H2,1H3. The number of carbonyl (C=O) groups excluding carboxylic acids is 1. The second-order valence-corrected chi connectivity index (χ2v) is 5.52. The van der Waals surface area contributed by atoms with Crippen molar-refractivity contribution in [2.45, 2.75) is 45.1 Å². The molecule has 0 radical (unpaired) electrons. The Morgan fingerprint density at radius 2 is 2.17 bits per heavy atom. The van der Waals surface area contributed by atoms with Crippen molar-refractivity contribution in [3.05, 3.63) is 23.9 Å². The van der Waals surface area contributed by atoms with Crippen LogP contribution in [0.4, 0.5) is 5.82 Å². The average molecular weight is 244 g/mol. The smallest absolute Gasteiger partial charge is 0.163 e. The van der Waals surface area contributed by atoms with Crippen LogP contribution in [0, 0.1) is 5.92 Å². The normalized spacial score (nSPS) is 27.1. The van der Waals surface area contributed by atoms with E-state index in [2.05, 4.69) is 9.88 Å². The molecule has 3 nitrogen and oxygen atoms in total. The summed E-state index contributed by atoms with van der Waals surface area (Å²) in [5.41, 5.74) is 0.781. The predicted octanol–water partition coefficient (Wildman–Crippen LogP) is 3.05. The van der Waals surface area contributed by atoms with Crippen LogP contribution in [-0.2, 0) is 0 Å². The molecule has 1 aromatic heterocycles. The van der Waals surface area contributed by atoms with Crippen LogP contribution in [0.3, 0.4) is 0 Å². The molecule has 0 aromatic carbocycles. The molecule has 1 aromatic rings. The molecule has 1 aliphatic carbocycles. The molecule has 96 valence electrons. The van der Waals surface area contributed by atoms with Gasteiger partial charge in [0.05, 0.1) is 5.56 Å². The highest BCUT2D eigenvalue weighted by Gasteiger charge is 2.37. The van der Waals surface area contributed by atoms with Crippen molar-refractivity contribution < 1.29 is 4.79 Å². The van der Waals surface area contributed by atoms with E-state index in [1.54, 1.807) is 13.1 Å². The fourth-order valence-corrected chi connectivity index (χ4v) is 3.57. The highest BCUT2D eigenvalue weighted by atomic mass is 16.1. The summed E-state index contributed by atoms with van der Waals surface area (Å²) in [6, 6.07) is 4.38. The number of aromatic nitrogens is 1. The molecule has 2 atom stereocenters. The highest BCUT2D eigenvalue weighted by molar-refractivity contribution is 5.98. The van der Waals surface area contributed by atoms with Gasteiger partial charge in [0.15, 0.2) is 5.78 Å². The van der Waals surface area contributed by atoms with E-state index in [0.29, 0.717) is 6.04 Å². The van der Waals surface area contributed by atoms with Crippen LogP contribution in [0.25, 0.3) is 0 Å². The first kappa shape index (κ1) is 11.7. The minimum Gasteiger partial charge on any atom is -0.353 e. The van der Waals surface area contributed by atoms with E-state index in [1.165, 1.54) is 32.1 Å². The van der Waals surface area contributed by atoms with Crippen LogP contribution in [-0.4, -0.2) is 23.4 Å². The Hall–Kier alpha value is -1.38. The van der Waals surface area contributed by atoms with Crippen molar-refractivity contribution in [3.63, 3.8) is 0 Å². The number of hydrogen-bond donors (Lipinski definition) is 0. The third-order valence-electron chi connectivity index (χ3n) is 4.45. The number of nitrogens with zero attached hydrogens (tertiary/aromatic N) is 2. The molecule has 0 amide bonds. The second-order valence-electron chi connectivity index (χ2n) is 5.52. The second kappa shape index (κ2) is 4.71. The monoisotopic (exact) mass is 244 g/mol. The van der Waals surface area contributed by atoms with Gasteiger partial charge >= 0.3 is 0 Å². The van der Waals surface area contributed by atoms with Crippen molar-refractivity contribution >= 4 is 11.6 Å². The van der Waals surface area contributed by atoms with E-state index in [0.717, 1.165) is 23.8 Å². The topological polar surface area (TPSA) is 33.2 Å². The maximum Gasteiger partial charge on any atom is 0.163 e. The molecule has 1 aliphatic heterocycles. The number of hydrogen-bond acceptors (Lipinski definition) is 3. The van der Waals surface area contributed by atoms with E-state index >= 15 is 0 Å². The van der Waals surface area contributed by atoms with Crippen molar-refractivity contribution in [3.8, 4) is 0 Å². The molecule has 2 unspecified atom stereocenters. The van der Waals surface area contributed by atoms with Gasteiger partial charge in [-0.15, -0.1) is 0 Å². The first-order valence-electron chi connectivity index (χ1n) is 7.00. The van der Waals surface area contributed by atoms with Gasteiger partial charge in [-0.1, -0.05) is 12.8 Å². The van der Waals surface area contributed by atoms with Gasteiger partial charge in [0.25, 0.3) is 0 Å². The largest absolute Gasteiger partial charge is 0.353 e. The van der Waals surface area contributed by atoms with Crippen molar-refractivity contribution in [1.29, 1.82) is 0 Å². The van der Waals surface area contributed by atoms with Gasteiger partial charge in [-0.05, 0) is 44.2 Å². The number of Topliss-reactive ketones (excluding diaryl/α,β-unsaturated/α-hetero) is 1. The maximum absolute atomic E-state index is 11.7. The van der Waals surface area contributed by atoms with Gasteiger partial charge in [-0.3, -0.25) is 4.79 Å². The molecule has 2 fully saturated rings. The lowest BCUT2D eigenvalue weighted by Crippen LogP contribution is -2.36. The van der Waals surface area contributed by atoms with Crippen LogP contribution in [0.1, 0.15) is 49.4 Å². The Morgan fingerprint density at radius 3 is 3.00 bits per heavy atom. The van der Waals surface area contributed by atoms with E-state index < -0.39 is 0 Å². The van der Waals surface area contributed by atoms with Crippen LogP contribution in [0.5, 0.6) is 0 Å². The summed E-state index contributed by atoms with van der Waals surface area (Å²) >= 11 is 0. The van der Waals surface area contributed by atoms with Gasteiger partial charge in [-0.2, -0.15) is 0 Å². The Balaban J connectivity index is 1.93. The fourth-order valence-electron chi connectivity index (χ4n) is 3.57. The molecule has 2 aliphatic rings. The summed E-state index contributed by atoms with van der Waals surface area (Å²) in [5, 5.41) is 0. The Labute approximate surface area is 108 Å². The molecular formula is C15H20N2O. The van der Waals surface area contributed by atoms with Gasteiger partial charge in [-0.25, -0.2) is 4.98 Å². The average Bonchev–Trinajstić information content (AvgIpc) is 2.82. The Bertz CT molecular complexity index is 458. The van der Waals surface area contributed by atoms with Crippen LogP contribution >= 0.6 is 0 Å². The lowest BCUT2D eigenvalue weighted by molar-refractivity contribution is 0.101. The van der Waals surface area contributed by atoms with Gasteiger partial charge in [0.2, 0.25) is 0 Å². The molecular weight excluding hydrogens is 224 g/mol. The maximum atomic E-state index is 11.7. The quantitative estimate of drug-likeness (QED) is 0.750. The number of pyridine rings is 1. The molecule has 0 spiro atoms. The van der Waals surface area contributed by atoms with Crippen molar-refractivity contribution in [2.24, 2.45) is 5.92 Å². The molecule has 3 rings (SSSR count). The summed E-state index contributed by atoms with van der Waals surface area (Å²) in [7, 11) is 0. The van der Waals surface area contributed by atoms with Crippen LogP contribution in [0.15, 0.2) is 18.3 Å². The molecule has 0 bridgehead atoms. The number of anilines is 1. The summed E-state index contributed by atoms with van der Waals surface area (Å²) in [4.78, 5) is 18.6. The predicted molar refractivity (Wildman–Crippen MR) is 72.0 cm³/mol. The van der Waals surface area contributed by atoms with E-state index in [-0.39, 0.29) is 5.78 Å². The minimum absolute atomic E-state index is 0.123.